The fourth-order valence-corrected chi connectivity index (χ4v) is 5.15. The zero-order valence-electron chi connectivity index (χ0n) is 19.5. The first kappa shape index (κ1) is 24.6. The van der Waals surface area contributed by atoms with Crippen molar-refractivity contribution in [2.45, 2.75) is 12.0 Å². The molecule has 5 rings (SSSR count). The summed E-state index contributed by atoms with van der Waals surface area (Å²) >= 11 is 19.6. The first-order valence-corrected chi connectivity index (χ1v) is 12.3. The van der Waals surface area contributed by atoms with E-state index in [4.69, 9.17) is 39.5 Å². The van der Waals surface area contributed by atoms with Gasteiger partial charge in [0.15, 0.2) is 5.60 Å². The van der Waals surface area contributed by atoms with Gasteiger partial charge in [0, 0.05) is 29.4 Å². The van der Waals surface area contributed by atoms with Crippen molar-refractivity contribution in [1.82, 2.24) is 14.5 Å². The van der Waals surface area contributed by atoms with Gasteiger partial charge in [0.2, 0.25) is 0 Å². The van der Waals surface area contributed by atoms with Crippen LogP contribution in [-0.4, -0.2) is 26.8 Å². The molecule has 182 valence electrons. The average Bonchev–Trinajstić information content (AvgIpc) is 3.33. The third-order valence-corrected chi connectivity index (χ3v) is 7.37. The van der Waals surface area contributed by atoms with Crippen molar-refractivity contribution >= 4 is 45.7 Å². The van der Waals surface area contributed by atoms with Crippen LogP contribution in [0.2, 0.25) is 15.2 Å². The number of imidazole rings is 1. The Labute approximate surface area is 223 Å². The Kier molecular flexibility index (Phi) is 6.66. The summed E-state index contributed by atoms with van der Waals surface area (Å²) < 4.78 is 7.04. The Balaban J connectivity index is 1.66. The Hall–Kier alpha value is -3.09. The third-order valence-electron chi connectivity index (χ3n) is 6.37. The van der Waals surface area contributed by atoms with E-state index in [0.717, 1.165) is 11.3 Å². The van der Waals surface area contributed by atoms with Gasteiger partial charge in [-0.05, 0) is 53.1 Å². The molecule has 0 aliphatic carbocycles. The van der Waals surface area contributed by atoms with Crippen molar-refractivity contribution in [1.29, 1.82) is 0 Å². The van der Waals surface area contributed by atoms with Crippen LogP contribution in [0.1, 0.15) is 27.9 Å². The number of benzene rings is 3. The molecule has 1 unspecified atom stereocenters. The number of rotatable bonds is 6. The molecule has 0 saturated carbocycles. The van der Waals surface area contributed by atoms with Crippen molar-refractivity contribution < 1.29 is 9.84 Å². The molecule has 5 nitrogen and oxygen atoms in total. The fourth-order valence-electron chi connectivity index (χ4n) is 4.42. The smallest absolute Gasteiger partial charge is 0.156 e. The van der Waals surface area contributed by atoms with Crippen molar-refractivity contribution in [3.8, 4) is 5.75 Å². The molecule has 2 heterocycles. The molecule has 1 atom stereocenters. The minimum Gasteiger partial charge on any atom is -0.497 e. The van der Waals surface area contributed by atoms with Crippen molar-refractivity contribution in [3.05, 3.63) is 122 Å². The number of aromatic nitrogens is 3. The van der Waals surface area contributed by atoms with Crippen molar-refractivity contribution in [2.24, 2.45) is 7.05 Å². The molecule has 36 heavy (non-hydrogen) atoms. The maximum absolute atomic E-state index is 12.2. The number of fused-ring (bicyclic) bond motifs is 1. The Morgan fingerprint density at radius 2 is 1.64 bits per heavy atom. The zero-order valence-corrected chi connectivity index (χ0v) is 21.8. The lowest BCUT2D eigenvalue weighted by Crippen LogP contribution is -2.31. The lowest BCUT2D eigenvalue weighted by Gasteiger charge is -2.30. The second-order valence-electron chi connectivity index (χ2n) is 8.56. The van der Waals surface area contributed by atoms with Crippen LogP contribution in [0.3, 0.4) is 0 Å². The summed E-state index contributed by atoms with van der Waals surface area (Å²) in [7, 11) is 3.47. The molecule has 1 N–H and O–H groups in total. The maximum Gasteiger partial charge on any atom is 0.156 e. The summed E-state index contributed by atoms with van der Waals surface area (Å²) in [6.07, 6.45) is 3.80. The number of halogens is 3. The predicted octanol–water partition coefficient (Wildman–Crippen LogP) is 6.81. The molecule has 0 aliphatic heterocycles. The Morgan fingerprint density at radius 1 is 0.944 bits per heavy atom. The molecule has 2 aromatic heterocycles. The first-order chi connectivity index (χ1) is 17.3. The molecule has 8 heteroatoms. The van der Waals surface area contributed by atoms with E-state index in [0.29, 0.717) is 54.9 Å². The van der Waals surface area contributed by atoms with Gasteiger partial charge in [-0.3, -0.25) is 0 Å². The van der Waals surface area contributed by atoms with Gasteiger partial charge < -0.3 is 14.4 Å². The first-order valence-electron chi connectivity index (χ1n) is 11.2. The van der Waals surface area contributed by atoms with Crippen molar-refractivity contribution in [3.63, 3.8) is 0 Å². The SMILES string of the molecule is COc1ccc(Cc2c(Cl)nc3ccc(C(O)(c4ccc(Cl)cc4)c4cncn4C)cc3c2Cl)cc1. The molecule has 5 aromatic rings. The number of nitrogens with zero attached hydrogens (tertiary/aromatic N) is 3. The van der Waals surface area contributed by atoms with E-state index < -0.39 is 5.60 Å². The van der Waals surface area contributed by atoms with Gasteiger partial charge in [0.25, 0.3) is 0 Å². The Bertz CT molecular complexity index is 1550. The minimum absolute atomic E-state index is 0.343. The van der Waals surface area contributed by atoms with Gasteiger partial charge in [-0.15, -0.1) is 0 Å². The summed E-state index contributed by atoms with van der Waals surface area (Å²) in [5.74, 6) is 0.772. The topological polar surface area (TPSA) is 60.2 Å². The summed E-state index contributed by atoms with van der Waals surface area (Å²) in [6, 6.07) is 20.3. The van der Waals surface area contributed by atoms with Crippen LogP contribution in [0.15, 0.2) is 79.3 Å². The number of pyridine rings is 1. The normalized spacial score (nSPS) is 13.1. The van der Waals surface area contributed by atoms with E-state index in [9.17, 15) is 5.11 Å². The molecule has 0 amide bonds. The van der Waals surface area contributed by atoms with Crippen LogP contribution in [0.25, 0.3) is 10.9 Å². The van der Waals surface area contributed by atoms with Crippen LogP contribution in [0.4, 0.5) is 0 Å². The van der Waals surface area contributed by atoms with Crippen LogP contribution < -0.4 is 4.74 Å². The van der Waals surface area contributed by atoms with Gasteiger partial charge in [-0.2, -0.15) is 0 Å². The lowest BCUT2D eigenvalue weighted by molar-refractivity contribution is 0.117. The average molecular weight is 539 g/mol. The molecule has 0 aliphatic rings. The summed E-state index contributed by atoms with van der Waals surface area (Å²) in [6.45, 7) is 0. The lowest BCUT2D eigenvalue weighted by atomic mass is 9.83. The van der Waals surface area contributed by atoms with E-state index in [2.05, 4.69) is 9.97 Å². The molecule has 0 fully saturated rings. The van der Waals surface area contributed by atoms with Crippen LogP contribution >= 0.6 is 34.8 Å². The maximum atomic E-state index is 12.2. The number of hydrogen-bond donors (Lipinski definition) is 1. The van der Waals surface area contributed by atoms with Gasteiger partial charge in [0.1, 0.15) is 10.9 Å². The molecule has 0 spiro atoms. The van der Waals surface area contributed by atoms with E-state index in [1.165, 1.54) is 0 Å². The number of aliphatic hydroxyl groups is 1. The highest BCUT2D eigenvalue weighted by atomic mass is 35.5. The van der Waals surface area contributed by atoms with Gasteiger partial charge >= 0.3 is 0 Å². The third kappa shape index (κ3) is 4.33. The number of hydrogen-bond acceptors (Lipinski definition) is 4. The van der Waals surface area contributed by atoms with Gasteiger partial charge in [0.05, 0.1) is 35.9 Å². The Morgan fingerprint density at radius 3 is 2.28 bits per heavy atom. The standard InChI is InChI=1S/C28H22Cl3N3O2/c1-34-16-32-15-25(34)28(35,18-5-8-20(29)9-6-18)19-7-12-24-22(14-19)26(30)23(27(31)33-24)13-17-3-10-21(36-2)11-4-17/h3-12,14-16,35H,13H2,1-2H3. The van der Waals surface area contributed by atoms with E-state index in [1.54, 1.807) is 48.5 Å². The van der Waals surface area contributed by atoms with Crippen LogP contribution in [0, 0.1) is 0 Å². The molecular formula is C28H22Cl3N3O2. The van der Waals surface area contributed by atoms with Gasteiger partial charge in [-0.25, -0.2) is 9.97 Å². The minimum atomic E-state index is -1.51. The number of methoxy groups -OCH3 is 1. The summed E-state index contributed by atoms with van der Waals surface area (Å²) in [4.78, 5) is 8.83. The predicted molar refractivity (Wildman–Crippen MR) is 144 cm³/mol. The summed E-state index contributed by atoms with van der Waals surface area (Å²) in [5.41, 5.74) is 2.71. The molecule has 0 radical (unpaired) electrons. The zero-order chi connectivity index (χ0) is 25.4. The molecule has 3 aromatic carbocycles. The largest absolute Gasteiger partial charge is 0.497 e. The van der Waals surface area contributed by atoms with Crippen molar-refractivity contribution in [2.75, 3.05) is 7.11 Å². The van der Waals surface area contributed by atoms with E-state index in [1.807, 2.05) is 49.5 Å². The van der Waals surface area contributed by atoms with Crippen LogP contribution in [-0.2, 0) is 19.1 Å². The number of ether oxygens (including phenoxy) is 1. The van der Waals surface area contributed by atoms with Crippen LogP contribution in [0.5, 0.6) is 5.75 Å². The van der Waals surface area contributed by atoms with E-state index in [-0.39, 0.29) is 0 Å². The highest BCUT2D eigenvalue weighted by molar-refractivity contribution is 6.39. The fraction of sp³-hybridized carbons (Fsp3) is 0.143. The highest BCUT2D eigenvalue weighted by Gasteiger charge is 2.37. The second kappa shape index (κ2) is 9.75. The van der Waals surface area contributed by atoms with Gasteiger partial charge in [-0.1, -0.05) is 65.1 Å². The van der Waals surface area contributed by atoms with E-state index >= 15 is 0 Å². The molecule has 0 bridgehead atoms. The monoisotopic (exact) mass is 537 g/mol. The molecular weight excluding hydrogens is 517 g/mol. The molecule has 0 saturated heterocycles. The quantitative estimate of drug-likeness (QED) is 0.241. The highest BCUT2D eigenvalue weighted by Crippen LogP contribution is 2.40. The summed E-state index contributed by atoms with van der Waals surface area (Å²) in [5, 5.41) is 14.3. The second-order valence-corrected chi connectivity index (χ2v) is 9.73. The number of aryl methyl sites for hydroxylation is 1.